The number of aliphatic hydroxyl groups excluding tert-OH is 7. The number of β-lactam (4-membered cyclic amide) rings is 1. The number of carbonyl (C=O) groups is 1. The van der Waals surface area contributed by atoms with E-state index in [1.807, 2.05) is 48.5 Å². The summed E-state index contributed by atoms with van der Waals surface area (Å²) in [7, 11) is -4.16. The molecule has 1 spiro atoms. The smallest absolute Gasteiger partial charge is 0.236 e. The number of hydrogen-bond donors (Lipinski definition) is 7. The maximum Gasteiger partial charge on any atom is 0.236 e. The Morgan fingerprint density at radius 1 is 0.685 bits per heavy atom. The van der Waals surface area contributed by atoms with E-state index < -0.39 is 95.4 Å². The summed E-state index contributed by atoms with van der Waals surface area (Å²) in [6.45, 7) is -1.52. The molecule has 15 heteroatoms. The maximum absolute atomic E-state index is 14.0. The number of anilines is 1. The molecular weight excluding hydrogens is 722 g/mol. The zero-order chi connectivity index (χ0) is 38.4. The van der Waals surface area contributed by atoms with Gasteiger partial charge in [-0.25, -0.2) is 8.42 Å². The number of rotatable bonds is 10. The molecule has 0 radical (unpaired) electrons. The summed E-state index contributed by atoms with van der Waals surface area (Å²) in [6, 6.07) is 25.7. The van der Waals surface area contributed by atoms with Crippen LogP contribution in [-0.2, 0) is 28.8 Å². The van der Waals surface area contributed by atoms with Gasteiger partial charge >= 0.3 is 0 Å². The quantitative estimate of drug-likeness (QED) is 0.140. The number of nitrogens with zero attached hydrogens (tertiary/aromatic N) is 1. The number of sulfone groups is 1. The van der Waals surface area contributed by atoms with Crippen molar-refractivity contribution >= 4 is 21.4 Å². The normalized spacial score (nSPS) is 37.2. The average molecular weight is 770 g/mol. The number of aliphatic hydroxyl groups is 7. The molecule has 1 aliphatic carbocycles. The summed E-state index contributed by atoms with van der Waals surface area (Å²) >= 11 is 0. The molecule has 1 saturated carbocycles. The summed E-state index contributed by atoms with van der Waals surface area (Å²) in [5.74, 6) is -0.368. The Morgan fingerprint density at radius 2 is 1.28 bits per heavy atom. The minimum atomic E-state index is -4.16. The van der Waals surface area contributed by atoms with E-state index in [1.54, 1.807) is 17.0 Å². The van der Waals surface area contributed by atoms with Crippen molar-refractivity contribution in [2.45, 2.75) is 104 Å². The van der Waals surface area contributed by atoms with Crippen molar-refractivity contribution in [1.29, 1.82) is 0 Å². The fourth-order valence-corrected chi connectivity index (χ4v) is 10.1. The molecular formula is C39H47NO13S. The molecule has 0 bridgehead atoms. The molecule has 4 fully saturated rings. The predicted molar refractivity (Wildman–Crippen MR) is 192 cm³/mol. The average Bonchev–Trinajstić information content (AvgIpc) is 3.20. The van der Waals surface area contributed by atoms with Gasteiger partial charge in [0.1, 0.15) is 54.9 Å². The number of carbonyl (C=O) groups excluding carboxylic acids is 1. The molecule has 11 atom stereocenters. The maximum atomic E-state index is 14.0. The van der Waals surface area contributed by atoms with Gasteiger partial charge in [-0.1, -0.05) is 60.7 Å². The van der Waals surface area contributed by atoms with Crippen LogP contribution in [0.4, 0.5) is 5.69 Å². The zero-order valence-corrected chi connectivity index (χ0v) is 30.2. The van der Waals surface area contributed by atoms with Crippen LogP contribution in [0, 0.1) is 5.41 Å². The molecule has 3 aromatic rings. The van der Waals surface area contributed by atoms with E-state index in [-0.39, 0.29) is 16.8 Å². The second kappa shape index (κ2) is 15.7. The van der Waals surface area contributed by atoms with Gasteiger partial charge in [-0.15, -0.1) is 0 Å². The highest BCUT2D eigenvalue weighted by Crippen LogP contribution is 2.60. The van der Waals surface area contributed by atoms with E-state index in [2.05, 4.69) is 12.1 Å². The first-order valence-corrected chi connectivity index (χ1v) is 19.9. The number of benzene rings is 3. The Hall–Kier alpha value is -3.32. The summed E-state index contributed by atoms with van der Waals surface area (Å²) < 4.78 is 44.1. The van der Waals surface area contributed by atoms with Crippen molar-refractivity contribution in [3.8, 4) is 0 Å². The van der Waals surface area contributed by atoms with Crippen LogP contribution in [0.5, 0.6) is 0 Å². The molecule has 7 rings (SSSR count). The van der Waals surface area contributed by atoms with Gasteiger partial charge in [0.2, 0.25) is 5.91 Å². The number of para-hydroxylation sites is 1. The number of hydrogen-bond acceptors (Lipinski definition) is 13. The Bertz CT molecular complexity index is 1840. The van der Waals surface area contributed by atoms with Crippen molar-refractivity contribution < 1.29 is 63.2 Å². The van der Waals surface area contributed by atoms with E-state index >= 15 is 0 Å². The van der Waals surface area contributed by atoms with Gasteiger partial charge in [-0.3, -0.25) is 4.79 Å². The highest BCUT2D eigenvalue weighted by molar-refractivity contribution is 7.91. The number of ether oxygens (including phenoxy) is 3. The van der Waals surface area contributed by atoms with Crippen molar-refractivity contribution in [2.24, 2.45) is 5.41 Å². The van der Waals surface area contributed by atoms with Crippen molar-refractivity contribution in [1.82, 2.24) is 0 Å². The molecule has 7 N–H and O–H groups in total. The molecule has 0 aromatic heterocycles. The van der Waals surface area contributed by atoms with E-state index in [9.17, 15) is 49.0 Å². The lowest BCUT2D eigenvalue weighted by molar-refractivity contribution is -0.341. The van der Waals surface area contributed by atoms with Crippen molar-refractivity contribution in [3.63, 3.8) is 0 Å². The lowest BCUT2D eigenvalue weighted by atomic mass is 9.58. The van der Waals surface area contributed by atoms with E-state index in [0.29, 0.717) is 18.8 Å². The Labute approximate surface area is 313 Å². The molecule has 3 heterocycles. The molecule has 3 aromatic carbocycles. The fraction of sp³-hybridized carbons (Fsp3) is 0.513. The highest BCUT2D eigenvalue weighted by Gasteiger charge is 2.62. The van der Waals surface area contributed by atoms with Gasteiger partial charge in [0, 0.05) is 5.69 Å². The van der Waals surface area contributed by atoms with Crippen LogP contribution in [0.15, 0.2) is 89.8 Å². The molecule has 14 nitrogen and oxygen atoms in total. The van der Waals surface area contributed by atoms with Crippen LogP contribution in [0.25, 0.3) is 0 Å². The summed E-state index contributed by atoms with van der Waals surface area (Å²) in [5.41, 5.74) is 2.17. The molecule has 4 aliphatic rings. The SMILES string of the molecule is O=C1N(c2ccccc2)[C@H](c2ccc(S(=O)(=O)C[C@@H]3OC(CO)[C@@H](O[C@@H]4OC(CO)[C@@H](O)[C@H](O)C4O)[C@H](O)C3O)cc2)C12CCC(c1ccccc1)CC2. The van der Waals surface area contributed by atoms with Gasteiger partial charge in [-0.05, 0) is 67.0 Å². The van der Waals surface area contributed by atoms with E-state index in [0.717, 1.165) is 24.1 Å². The van der Waals surface area contributed by atoms with Gasteiger partial charge in [0.15, 0.2) is 16.1 Å². The van der Waals surface area contributed by atoms with Crippen LogP contribution in [0.1, 0.15) is 48.8 Å². The van der Waals surface area contributed by atoms with Crippen LogP contribution in [0.2, 0.25) is 0 Å². The Morgan fingerprint density at radius 3 is 1.89 bits per heavy atom. The first-order chi connectivity index (χ1) is 25.9. The number of amides is 1. The minimum absolute atomic E-state index is 0.0520. The Kier molecular flexibility index (Phi) is 11.3. The monoisotopic (exact) mass is 769 g/mol. The molecule has 3 aliphatic heterocycles. The van der Waals surface area contributed by atoms with Crippen LogP contribution in [-0.4, -0.2) is 130 Å². The van der Waals surface area contributed by atoms with Crippen molar-refractivity contribution in [2.75, 3.05) is 23.9 Å². The van der Waals surface area contributed by atoms with Gasteiger partial charge in [0.05, 0.1) is 35.3 Å². The van der Waals surface area contributed by atoms with Crippen molar-refractivity contribution in [3.05, 3.63) is 96.1 Å². The van der Waals surface area contributed by atoms with E-state index in [4.69, 9.17) is 14.2 Å². The largest absolute Gasteiger partial charge is 0.394 e. The van der Waals surface area contributed by atoms with Gasteiger partial charge in [-0.2, -0.15) is 0 Å². The molecule has 292 valence electrons. The summed E-state index contributed by atoms with van der Waals surface area (Å²) in [6.07, 6.45) is -13.4. The Balaban J connectivity index is 1.07. The minimum Gasteiger partial charge on any atom is -0.394 e. The lowest BCUT2D eigenvalue weighted by Gasteiger charge is -2.58. The topological polar surface area (TPSA) is 224 Å². The standard InChI is InChI=1S/C39H47NO13S/c41-19-27-30(43)32(45)34(47)37(52-27)53-35-28(20-42)51-29(31(44)33(35)46)21-54(49,50)26-13-11-24(12-14-26)36-39(38(48)40(36)25-9-5-2-6-10-25)17-15-23(16-18-39)22-7-3-1-4-8-22/h1-14,23,27-37,41-47H,15-21H2/t23?,27?,28?,29-,30+,31?,32-,33+,34?,35+,36+,37-,39?/m0/s1. The third kappa shape index (κ3) is 7.01. The van der Waals surface area contributed by atoms with E-state index in [1.165, 1.54) is 17.7 Å². The first kappa shape index (κ1) is 38.9. The second-order valence-electron chi connectivity index (χ2n) is 14.8. The molecule has 3 saturated heterocycles. The van der Waals surface area contributed by atoms with Gasteiger partial charge < -0.3 is 54.9 Å². The molecule has 54 heavy (non-hydrogen) atoms. The molecule has 1 amide bonds. The summed E-state index contributed by atoms with van der Waals surface area (Å²) in [5, 5.41) is 72.2. The van der Waals surface area contributed by atoms with Crippen LogP contribution in [0.3, 0.4) is 0 Å². The first-order valence-electron chi connectivity index (χ1n) is 18.2. The van der Waals surface area contributed by atoms with Crippen LogP contribution < -0.4 is 4.90 Å². The van der Waals surface area contributed by atoms with Crippen LogP contribution >= 0.6 is 0 Å². The fourth-order valence-electron chi connectivity index (χ4n) is 8.63. The zero-order valence-electron chi connectivity index (χ0n) is 29.4. The predicted octanol–water partition coefficient (Wildman–Crippen LogP) is 0.559. The third-order valence-corrected chi connectivity index (χ3v) is 13.4. The lowest BCUT2D eigenvalue weighted by Crippen LogP contribution is -2.65. The molecule has 4 unspecified atom stereocenters. The highest BCUT2D eigenvalue weighted by atomic mass is 32.2. The summed E-state index contributed by atoms with van der Waals surface area (Å²) in [4.78, 5) is 15.7. The second-order valence-corrected chi connectivity index (χ2v) is 16.8. The van der Waals surface area contributed by atoms with Gasteiger partial charge in [0.25, 0.3) is 0 Å². The third-order valence-electron chi connectivity index (χ3n) is 11.7.